The van der Waals surface area contributed by atoms with Crippen LogP contribution >= 0.6 is 23.2 Å². The number of fused-ring (bicyclic) bond motifs is 1. The first-order chi connectivity index (χ1) is 10.0. The lowest BCUT2D eigenvalue weighted by atomic mass is 10.0. The standard InChI is InChI=1S/C15H12Cl2O4/c1-7-2-3-11(20-7)14(19)10-5-8-4-9(6-18)21-15(8)13(17)12(10)16/h2-3,5,9,18H,4,6H2,1H3. The van der Waals surface area contributed by atoms with Crippen LogP contribution < -0.4 is 4.74 Å². The molecule has 1 aromatic heterocycles. The first-order valence-electron chi connectivity index (χ1n) is 6.40. The fourth-order valence-corrected chi connectivity index (χ4v) is 2.84. The molecule has 3 rings (SSSR count). The van der Waals surface area contributed by atoms with Crippen molar-refractivity contribution in [2.75, 3.05) is 6.61 Å². The fraction of sp³-hybridized carbons (Fsp3) is 0.267. The lowest BCUT2D eigenvalue weighted by molar-refractivity contribution is 0.101. The largest absolute Gasteiger partial charge is 0.486 e. The Morgan fingerprint density at radius 2 is 2.14 bits per heavy atom. The number of carbonyl (C=O) groups is 1. The van der Waals surface area contributed by atoms with Gasteiger partial charge in [-0.15, -0.1) is 0 Å². The number of ether oxygens (including phenoxy) is 1. The zero-order chi connectivity index (χ0) is 15.1. The summed E-state index contributed by atoms with van der Waals surface area (Å²) >= 11 is 12.4. The van der Waals surface area contributed by atoms with Gasteiger partial charge in [0.2, 0.25) is 5.78 Å². The molecule has 1 unspecified atom stereocenters. The molecule has 110 valence electrons. The van der Waals surface area contributed by atoms with E-state index in [2.05, 4.69) is 0 Å². The molecule has 21 heavy (non-hydrogen) atoms. The summed E-state index contributed by atoms with van der Waals surface area (Å²) in [4.78, 5) is 12.5. The number of carbonyl (C=O) groups excluding carboxylic acids is 1. The van der Waals surface area contributed by atoms with E-state index in [-0.39, 0.29) is 39.9 Å². The highest BCUT2D eigenvalue weighted by Crippen LogP contribution is 2.43. The van der Waals surface area contributed by atoms with E-state index < -0.39 is 0 Å². The molecule has 0 bridgehead atoms. The highest BCUT2D eigenvalue weighted by atomic mass is 35.5. The first kappa shape index (κ1) is 14.4. The summed E-state index contributed by atoms with van der Waals surface area (Å²) in [7, 11) is 0. The molecule has 2 aromatic rings. The highest BCUT2D eigenvalue weighted by molar-refractivity contribution is 6.45. The van der Waals surface area contributed by atoms with Crippen LogP contribution in [0.4, 0.5) is 0 Å². The van der Waals surface area contributed by atoms with Crippen LogP contribution in [0.5, 0.6) is 5.75 Å². The molecular weight excluding hydrogens is 315 g/mol. The predicted octanol–water partition coefficient (Wildman–Crippen LogP) is 3.42. The van der Waals surface area contributed by atoms with Crippen molar-refractivity contribution >= 4 is 29.0 Å². The van der Waals surface area contributed by atoms with Gasteiger partial charge in [0.25, 0.3) is 0 Å². The van der Waals surface area contributed by atoms with Gasteiger partial charge < -0.3 is 14.3 Å². The normalized spacial score (nSPS) is 16.7. The van der Waals surface area contributed by atoms with Crippen molar-refractivity contribution in [2.45, 2.75) is 19.4 Å². The minimum Gasteiger partial charge on any atom is -0.486 e. The van der Waals surface area contributed by atoms with E-state index >= 15 is 0 Å². The molecule has 0 radical (unpaired) electrons. The molecule has 1 aliphatic heterocycles. The second kappa shape index (κ2) is 5.37. The third-order valence-electron chi connectivity index (χ3n) is 3.38. The molecule has 0 aliphatic carbocycles. The van der Waals surface area contributed by atoms with Crippen LogP contribution in [0, 0.1) is 6.92 Å². The van der Waals surface area contributed by atoms with Gasteiger partial charge in [0.1, 0.15) is 22.6 Å². The average molecular weight is 327 g/mol. The molecule has 0 amide bonds. The van der Waals surface area contributed by atoms with Crippen LogP contribution in [-0.4, -0.2) is 23.6 Å². The third kappa shape index (κ3) is 2.44. The quantitative estimate of drug-likeness (QED) is 0.878. The Bertz CT molecular complexity index is 721. The van der Waals surface area contributed by atoms with E-state index in [4.69, 9.17) is 32.4 Å². The van der Waals surface area contributed by atoms with Crippen molar-refractivity contribution in [3.8, 4) is 5.75 Å². The molecule has 1 aromatic carbocycles. The summed E-state index contributed by atoms with van der Waals surface area (Å²) in [5.41, 5.74) is 1.03. The van der Waals surface area contributed by atoms with Gasteiger partial charge in [-0.1, -0.05) is 23.2 Å². The molecule has 1 N–H and O–H groups in total. The second-order valence-corrected chi connectivity index (χ2v) is 5.66. The highest BCUT2D eigenvalue weighted by Gasteiger charge is 2.30. The molecule has 0 fully saturated rings. The maximum Gasteiger partial charge on any atom is 0.229 e. The van der Waals surface area contributed by atoms with E-state index in [0.29, 0.717) is 17.9 Å². The lowest BCUT2D eigenvalue weighted by Gasteiger charge is -2.09. The average Bonchev–Trinajstić information content (AvgIpc) is 3.08. The van der Waals surface area contributed by atoms with E-state index in [1.807, 2.05) is 0 Å². The van der Waals surface area contributed by atoms with Gasteiger partial charge in [0, 0.05) is 17.5 Å². The van der Waals surface area contributed by atoms with Crippen LogP contribution in [0.25, 0.3) is 0 Å². The van der Waals surface area contributed by atoms with Gasteiger partial charge in [-0.2, -0.15) is 0 Å². The van der Waals surface area contributed by atoms with Crippen LogP contribution in [0.1, 0.15) is 27.4 Å². The number of ketones is 1. The van der Waals surface area contributed by atoms with Crippen LogP contribution in [-0.2, 0) is 6.42 Å². The number of hydrogen-bond donors (Lipinski definition) is 1. The van der Waals surface area contributed by atoms with Gasteiger partial charge in [0.15, 0.2) is 5.76 Å². The summed E-state index contributed by atoms with van der Waals surface area (Å²) in [6, 6.07) is 4.96. The van der Waals surface area contributed by atoms with Gasteiger partial charge in [-0.25, -0.2) is 0 Å². The minimum absolute atomic E-state index is 0.122. The summed E-state index contributed by atoms with van der Waals surface area (Å²) in [6.45, 7) is 1.64. The minimum atomic E-state index is -0.357. The monoisotopic (exact) mass is 326 g/mol. The molecule has 0 spiro atoms. The number of halogens is 2. The Kier molecular flexibility index (Phi) is 3.69. The molecule has 0 saturated heterocycles. The van der Waals surface area contributed by atoms with E-state index in [1.54, 1.807) is 25.1 Å². The summed E-state index contributed by atoms with van der Waals surface area (Å²) in [5, 5.41) is 9.50. The number of aryl methyl sites for hydroxylation is 1. The van der Waals surface area contributed by atoms with Crippen molar-refractivity contribution < 1.29 is 19.1 Å². The van der Waals surface area contributed by atoms with Gasteiger partial charge in [-0.3, -0.25) is 4.79 Å². The van der Waals surface area contributed by atoms with Crippen LogP contribution in [0.2, 0.25) is 10.0 Å². The van der Waals surface area contributed by atoms with Gasteiger partial charge in [-0.05, 0) is 25.1 Å². The Balaban J connectivity index is 2.05. The van der Waals surface area contributed by atoms with Crippen molar-refractivity contribution in [2.24, 2.45) is 0 Å². The third-order valence-corrected chi connectivity index (χ3v) is 4.23. The van der Waals surface area contributed by atoms with Crippen molar-refractivity contribution in [3.05, 3.63) is 50.9 Å². The molecule has 1 aliphatic rings. The number of hydrogen-bond acceptors (Lipinski definition) is 4. The van der Waals surface area contributed by atoms with Crippen LogP contribution in [0.3, 0.4) is 0 Å². The lowest BCUT2D eigenvalue weighted by Crippen LogP contribution is -2.17. The molecule has 0 saturated carbocycles. The number of aliphatic hydroxyl groups is 1. The number of aliphatic hydroxyl groups excluding tert-OH is 1. The Hall–Kier alpha value is -1.49. The Labute approximate surface area is 131 Å². The van der Waals surface area contributed by atoms with Crippen molar-refractivity contribution in [3.63, 3.8) is 0 Å². The number of benzene rings is 1. The predicted molar refractivity (Wildman–Crippen MR) is 78.5 cm³/mol. The number of furan rings is 1. The second-order valence-electron chi connectivity index (χ2n) is 4.91. The summed E-state index contributed by atoms with van der Waals surface area (Å²) in [5.74, 6) is 0.964. The molecular formula is C15H12Cl2O4. The van der Waals surface area contributed by atoms with Gasteiger partial charge >= 0.3 is 0 Å². The smallest absolute Gasteiger partial charge is 0.229 e. The molecule has 1 atom stereocenters. The SMILES string of the molecule is Cc1ccc(C(=O)c2cc3c(c(Cl)c2Cl)OC(CO)C3)o1. The fourth-order valence-electron chi connectivity index (χ4n) is 2.35. The number of rotatable bonds is 3. The Morgan fingerprint density at radius 1 is 1.38 bits per heavy atom. The summed E-state index contributed by atoms with van der Waals surface area (Å²) in [6.07, 6.45) is 0.130. The van der Waals surface area contributed by atoms with Crippen molar-refractivity contribution in [1.82, 2.24) is 0 Å². The zero-order valence-corrected chi connectivity index (χ0v) is 12.7. The zero-order valence-electron chi connectivity index (χ0n) is 11.2. The van der Waals surface area contributed by atoms with E-state index in [1.165, 1.54) is 0 Å². The van der Waals surface area contributed by atoms with Gasteiger partial charge in [0.05, 0.1) is 11.6 Å². The molecule has 6 heteroatoms. The topological polar surface area (TPSA) is 59.7 Å². The molecule has 2 heterocycles. The van der Waals surface area contributed by atoms with E-state index in [0.717, 1.165) is 5.56 Å². The van der Waals surface area contributed by atoms with E-state index in [9.17, 15) is 9.90 Å². The Morgan fingerprint density at radius 3 is 2.76 bits per heavy atom. The summed E-state index contributed by atoms with van der Waals surface area (Å²) < 4.78 is 10.8. The maximum absolute atomic E-state index is 12.5. The molecule has 4 nitrogen and oxygen atoms in total. The first-order valence-corrected chi connectivity index (χ1v) is 7.16. The maximum atomic E-state index is 12.5. The van der Waals surface area contributed by atoms with Crippen LogP contribution in [0.15, 0.2) is 22.6 Å². The van der Waals surface area contributed by atoms with Crippen molar-refractivity contribution in [1.29, 1.82) is 0 Å².